The summed E-state index contributed by atoms with van der Waals surface area (Å²) in [5.41, 5.74) is 2.53. The monoisotopic (exact) mass is 303 g/mol. The summed E-state index contributed by atoms with van der Waals surface area (Å²) in [4.78, 5) is 6.81. The zero-order valence-electron chi connectivity index (χ0n) is 14.1. The highest BCUT2D eigenvalue weighted by atomic mass is 16.5. The van der Waals surface area contributed by atoms with Gasteiger partial charge in [-0.25, -0.2) is 0 Å². The Balaban J connectivity index is 1.93. The van der Waals surface area contributed by atoms with Gasteiger partial charge in [0.1, 0.15) is 0 Å². The van der Waals surface area contributed by atoms with E-state index in [4.69, 9.17) is 4.74 Å². The number of ether oxygens (including phenoxy) is 1. The second-order valence-electron chi connectivity index (χ2n) is 5.98. The van der Waals surface area contributed by atoms with Crippen molar-refractivity contribution < 1.29 is 4.74 Å². The molecule has 0 amide bonds. The first-order valence-electron chi connectivity index (χ1n) is 8.34. The summed E-state index contributed by atoms with van der Waals surface area (Å²) in [6, 6.07) is 8.45. The smallest absolute Gasteiger partial charge is 0.193 e. The van der Waals surface area contributed by atoms with Gasteiger partial charge in [0.15, 0.2) is 5.96 Å². The van der Waals surface area contributed by atoms with Crippen LogP contribution in [0.4, 0.5) is 0 Å². The first kappa shape index (κ1) is 16.8. The lowest BCUT2D eigenvalue weighted by Gasteiger charge is -2.33. The first-order valence-corrected chi connectivity index (χ1v) is 8.34. The molecule has 0 aliphatic carbocycles. The van der Waals surface area contributed by atoms with Crippen LogP contribution in [0.2, 0.25) is 0 Å². The average Bonchev–Trinajstić information content (AvgIpc) is 2.56. The maximum absolute atomic E-state index is 5.55. The molecule has 0 unspecified atom stereocenters. The van der Waals surface area contributed by atoms with Crippen molar-refractivity contribution >= 4 is 5.96 Å². The van der Waals surface area contributed by atoms with Crippen molar-refractivity contribution in [2.75, 3.05) is 26.7 Å². The summed E-state index contributed by atoms with van der Waals surface area (Å²) in [5.74, 6) is 1.85. The number of piperidine rings is 1. The molecule has 1 N–H and O–H groups in total. The lowest BCUT2D eigenvalue weighted by molar-refractivity contribution is 0.133. The summed E-state index contributed by atoms with van der Waals surface area (Å²) < 4.78 is 5.55. The fraction of sp³-hybridized carbons (Fsp3) is 0.611. The van der Waals surface area contributed by atoms with E-state index in [-0.39, 0.29) is 0 Å². The molecule has 0 spiro atoms. The highest BCUT2D eigenvalue weighted by Gasteiger charge is 2.18. The number of likely N-dealkylation sites (tertiary alicyclic amines) is 1. The van der Waals surface area contributed by atoms with Gasteiger partial charge in [0, 0.05) is 33.3 Å². The van der Waals surface area contributed by atoms with Crippen LogP contribution in [0.1, 0.15) is 37.8 Å². The third-order valence-electron chi connectivity index (χ3n) is 4.31. The first-order chi connectivity index (χ1) is 10.7. The van der Waals surface area contributed by atoms with Crippen LogP contribution in [-0.2, 0) is 17.9 Å². The summed E-state index contributed by atoms with van der Waals surface area (Å²) in [5, 5.41) is 3.51. The van der Waals surface area contributed by atoms with Gasteiger partial charge in [-0.1, -0.05) is 31.2 Å². The number of rotatable bonds is 5. The third kappa shape index (κ3) is 4.73. The van der Waals surface area contributed by atoms with Crippen LogP contribution < -0.4 is 5.32 Å². The Morgan fingerprint density at radius 3 is 2.59 bits per heavy atom. The van der Waals surface area contributed by atoms with Crippen molar-refractivity contribution in [3.05, 3.63) is 35.4 Å². The fourth-order valence-corrected chi connectivity index (χ4v) is 2.81. The number of nitrogens with zero attached hydrogens (tertiary/aromatic N) is 2. The van der Waals surface area contributed by atoms with Crippen LogP contribution in [0.5, 0.6) is 0 Å². The van der Waals surface area contributed by atoms with E-state index in [0.29, 0.717) is 6.61 Å². The summed E-state index contributed by atoms with van der Waals surface area (Å²) in [6.45, 7) is 8.77. The van der Waals surface area contributed by atoms with E-state index < -0.39 is 0 Å². The quantitative estimate of drug-likeness (QED) is 0.671. The van der Waals surface area contributed by atoms with E-state index in [1.807, 2.05) is 14.0 Å². The van der Waals surface area contributed by atoms with E-state index in [1.54, 1.807) is 0 Å². The number of aliphatic imine (C=N–C) groups is 1. The fourth-order valence-electron chi connectivity index (χ4n) is 2.81. The molecule has 1 aliphatic heterocycles. The Hall–Kier alpha value is -1.55. The lowest BCUT2D eigenvalue weighted by atomic mass is 9.99. The van der Waals surface area contributed by atoms with Crippen molar-refractivity contribution in [2.45, 2.75) is 39.8 Å². The molecule has 0 bridgehead atoms. The van der Waals surface area contributed by atoms with Crippen LogP contribution in [0.25, 0.3) is 0 Å². The molecule has 1 saturated heterocycles. The highest BCUT2D eigenvalue weighted by molar-refractivity contribution is 5.80. The molecule has 1 aromatic carbocycles. The summed E-state index contributed by atoms with van der Waals surface area (Å²) in [6.07, 6.45) is 2.50. The molecular weight excluding hydrogens is 274 g/mol. The number of nitrogens with one attached hydrogen (secondary N) is 1. The molecule has 4 heteroatoms. The molecule has 0 radical (unpaired) electrons. The molecule has 2 rings (SSSR count). The molecule has 1 fully saturated rings. The second kappa shape index (κ2) is 8.79. The lowest BCUT2D eigenvalue weighted by Crippen LogP contribution is -2.45. The Bertz CT molecular complexity index is 479. The van der Waals surface area contributed by atoms with Gasteiger partial charge in [-0.3, -0.25) is 4.99 Å². The van der Waals surface area contributed by atoms with Crippen LogP contribution in [0.15, 0.2) is 29.3 Å². The Kier molecular flexibility index (Phi) is 6.72. The predicted molar refractivity (Wildman–Crippen MR) is 91.9 cm³/mol. The third-order valence-corrected chi connectivity index (χ3v) is 4.31. The van der Waals surface area contributed by atoms with E-state index in [9.17, 15) is 0 Å². The van der Waals surface area contributed by atoms with Crippen molar-refractivity contribution in [1.29, 1.82) is 0 Å². The molecule has 4 nitrogen and oxygen atoms in total. The molecular formula is C18H29N3O. The topological polar surface area (TPSA) is 36.9 Å². The van der Waals surface area contributed by atoms with Crippen molar-refractivity contribution in [3.63, 3.8) is 0 Å². The molecule has 0 aromatic heterocycles. The SMILES string of the molecule is CCOCc1ccccc1CNC(=NC)N1CCC(C)CC1. The van der Waals surface area contributed by atoms with E-state index in [2.05, 4.69) is 46.4 Å². The van der Waals surface area contributed by atoms with Gasteiger partial charge in [0.05, 0.1) is 6.61 Å². The second-order valence-corrected chi connectivity index (χ2v) is 5.98. The minimum absolute atomic E-state index is 0.675. The zero-order chi connectivity index (χ0) is 15.8. The van der Waals surface area contributed by atoms with Gasteiger partial charge >= 0.3 is 0 Å². The van der Waals surface area contributed by atoms with Gasteiger partial charge in [-0.05, 0) is 36.8 Å². The number of hydrogen-bond acceptors (Lipinski definition) is 2. The van der Waals surface area contributed by atoms with Gasteiger partial charge in [-0.2, -0.15) is 0 Å². The van der Waals surface area contributed by atoms with E-state index in [1.165, 1.54) is 24.0 Å². The largest absolute Gasteiger partial charge is 0.377 e. The van der Waals surface area contributed by atoms with Crippen LogP contribution in [0.3, 0.4) is 0 Å². The maximum Gasteiger partial charge on any atom is 0.193 e. The molecule has 1 heterocycles. The Morgan fingerprint density at radius 1 is 1.27 bits per heavy atom. The Labute approximate surface area is 134 Å². The molecule has 22 heavy (non-hydrogen) atoms. The molecule has 1 aliphatic rings. The van der Waals surface area contributed by atoms with Gasteiger partial charge in [0.25, 0.3) is 0 Å². The van der Waals surface area contributed by atoms with Crippen molar-refractivity contribution in [1.82, 2.24) is 10.2 Å². The minimum Gasteiger partial charge on any atom is -0.377 e. The van der Waals surface area contributed by atoms with Crippen LogP contribution in [0, 0.1) is 5.92 Å². The average molecular weight is 303 g/mol. The standard InChI is InChI=1S/C18H29N3O/c1-4-22-14-17-8-6-5-7-16(17)13-20-18(19-3)21-11-9-15(2)10-12-21/h5-8,15H,4,9-14H2,1-3H3,(H,19,20). The van der Waals surface area contributed by atoms with E-state index >= 15 is 0 Å². The van der Waals surface area contributed by atoms with Gasteiger partial charge in [-0.15, -0.1) is 0 Å². The normalized spacial score (nSPS) is 16.9. The van der Waals surface area contributed by atoms with Crippen molar-refractivity contribution in [2.24, 2.45) is 10.9 Å². The summed E-state index contributed by atoms with van der Waals surface area (Å²) in [7, 11) is 1.87. The van der Waals surface area contributed by atoms with E-state index in [0.717, 1.165) is 38.1 Å². The zero-order valence-corrected chi connectivity index (χ0v) is 14.1. The number of hydrogen-bond donors (Lipinski definition) is 1. The molecule has 0 atom stereocenters. The maximum atomic E-state index is 5.55. The van der Waals surface area contributed by atoms with Gasteiger partial charge in [0.2, 0.25) is 0 Å². The van der Waals surface area contributed by atoms with Gasteiger partial charge < -0.3 is 15.0 Å². The van der Waals surface area contributed by atoms with Crippen LogP contribution in [-0.4, -0.2) is 37.6 Å². The number of benzene rings is 1. The van der Waals surface area contributed by atoms with Crippen LogP contribution >= 0.6 is 0 Å². The highest BCUT2D eigenvalue weighted by Crippen LogP contribution is 2.16. The predicted octanol–water partition coefficient (Wildman–Crippen LogP) is 3.03. The Morgan fingerprint density at radius 2 is 1.95 bits per heavy atom. The number of guanidine groups is 1. The summed E-state index contributed by atoms with van der Waals surface area (Å²) >= 11 is 0. The molecule has 1 aromatic rings. The molecule has 0 saturated carbocycles. The van der Waals surface area contributed by atoms with Crippen molar-refractivity contribution in [3.8, 4) is 0 Å². The molecule has 122 valence electrons. The minimum atomic E-state index is 0.675.